The molecule has 10 heteroatoms. The molecule has 4 rings (SSSR count). The summed E-state index contributed by atoms with van der Waals surface area (Å²) in [4.78, 5) is 31.3. The Bertz CT molecular complexity index is 1160. The Labute approximate surface area is 202 Å². The highest BCUT2D eigenvalue weighted by Gasteiger charge is 2.27. The number of anilines is 1. The molecule has 1 unspecified atom stereocenters. The van der Waals surface area contributed by atoms with E-state index in [4.69, 9.17) is 25.6 Å². The van der Waals surface area contributed by atoms with Crippen LogP contribution in [0.4, 0.5) is 5.69 Å². The predicted octanol–water partition coefficient (Wildman–Crippen LogP) is 4.04. The van der Waals surface area contributed by atoms with Crippen LogP contribution in [0.1, 0.15) is 29.1 Å². The summed E-state index contributed by atoms with van der Waals surface area (Å²) in [7, 11) is 2.91. The number of hydrogen-bond acceptors (Lipinski definition) is 8. The number of methoxy groups -OCH3 is 2. The van der Waals surface area contributed by atoms with E-state index in [1.165, 1.54) is 13.2 Å². The summed E-state index contributed by atoms with van der Waals surface area (Å²) in [5.41, 5.74) is 1.53. The molecule has 178 valence electrons. The zero-order valence-corrected chi connectivity index (χ0v) is 19.7. The topological polar surface area (TPSA) is 107 Å². The van der Waals surface area contributed by atoms with E-state index in [1.54, 1.807) is 19.2 Å². The second-order valence-corrected chi connectivity index (χ2v) is 8.40. The van der Waals surface area contributed by atoms with E-state index >= 15 is 0 Å². The van der Waals surface area contributed by atoms with Crippen molar-refractivity contribution in [3.8, 4) is 17.1 Å². The van der Waals surface area contributed by atoms with Gasteiger partial charge in [0.2, 0.25) is 17.6 Å². The van der Waals surface area contributed by atoms with Gasteiger partial charge in [0.1, 0.15) is 5.75 Å². The molecule has 34 heavy (non-hydrogen) atoms. The number of hydrogen-bond donors (Lipinski definition) is 1. The Kier molecular flexibility index (Phi) is 7.44. The average molecular weight is 485 g/mol. The minimum Gasteiger partial charge on any atom is -0.497 e. The molecule has 2 heterocycles. The molecule has 1 atom stereocenters. The molecule has 0 bridgehead atoms. The van der Waals surface area contributed by atoms with Crippen LogP contribution < -0.4 is 10.1 Å². The maximum Gasteiger partial charge on any atom is 0.337 e. The van der Waals surface area contributed by atoms with Crippen molar-refractivity contribution >= 4 is 29.2 Å². The van der Waals surface area contributed by atoms with Crippen LogP contribution in [0.15, 0.2) is 47.0 Å². The molecule has 2 aromatic carbocycles. The maximum atomic E-state index is 12.9. The van der Waals surface area contributed by atoms with Crippen LogP contribution in [0, 0.1) is 5.92 Å². The number of amides is 1. The van der Waals surface area contributed by atoms with Gasteiger partial charge in [-0.05, 0) is 61.9 Å². The van der Waals surface area contributed by atoms with Crippen molar-refractivity contribution in [2.24, 2.45) is 5.92 Å². The molecular formula is C24H25ClN4O5. The molecule has 0 aliphatic carbocycles. The van der Waals surface area contributed by atoms with E-state index in [2.05, 4.69) is 20.4 Å². The highest BCUT2D eigenvalue weighted by Crippen LogP contribution is 2.26. The van der Waals surface area contributed by atoms with Crippen LogP contribution in [-0.2, 0) is 16.1 Å². The van der Waals surface area contributed by atoms with Crippen LogP contribution in [0.3, 0.4) is 0 Å². The Morgan fingerprint density at radius 3 is 2.74 bits per heavy atom. The van der Waals surface area contributed by atoms with Gasteiger partial charge in [0, 0.05) is 12.1 Å². The standard InChI is InChI=1S/C24H25ClN4O5/c1-32-18-8-5-15(6-9-18)22-27-21(34-28-22)14-29-11-3-4-17(13-29)23(30)26-20-12-16(24(31)33-2)7-10-19(20)25/h5-10,12,17H,3-4,11,13-14H2,1-2H3,(H,26,30). The van der Waals surface area contributed by atoms with Gasteiger partial charge in [-0.2, -0.15) is 4.98 Å². The third-order valence-corrected chi connectivity index (χ3v) is 6.03. The molecule has 1 amide bonds. The fourth-order valence-corrected chi connectivity index (χ4v) is 4.05. The van der Waals surface area contributed by atoms with Gasteiger partial charge in [0.05, 0.1) is 43.0 Å². The van der Waals surface area contributed by atoms with Gasteiger partial charge in [-0.3, -0.25) is 9.69 Å². The van der Waals surface area contributed by atoms with E-state index in [9.17, 15) is 9.59 Å². The van der Waals surface area contributed by atoms with Crippen LogP contribution >= 0.6 is 11.6 Å². The first-order valence-electron chi connectivity index (χ1n) is 10.8. The summed E-state index contributed by atoms with van der Waals surface area (Å²) in [6, 6.07) is 12.1. The van der Waals surface area contributed by atoms with Gasteiger partial charge in [-0.25, -0.2) is 4.79 Å². The molecule has 1 N–H and O–H groups in total. The normalized spacial score (nSPS) is 16.1. The number of rotatable bonds is 7. The lowest BCUT2D eigenvalue weighted by molar-refractivity contribution is -0.121. The van der Waals surface area contributed by atoms with Crippen LogP contribution in [0.25, 0.3) is 11.4 Å². The number of esters is 1. The molecule has 0 radical (unpaired) electrons. The zero-order chi connectivity index (χ0) is 24.1. The summed E-state index contributed by atoms with van der Waals surface area (Å²) in [5, 5.41) is 7.28. The van der Waals surface area contributed by atoms with Gasteiger partial charge in [-0.15, -0.1) is 0 Å². The Hall–Kier alpha value is -3.43. The van der Waals surface area contributed by atoms with Gasteiger partial charge in [0.15, 0.2) is 0 Å². The number of carbonyl (C=O) groups excluding carboxylic acids is 2. The van der Waals surface area contributed by atoms with Crippen molar-refractivity contribution in [2.45, 2.75) is 19.4 Å². The third kappa shape index (κ3) is 5.55. The molecule has 0 saturated carbocycles. The Morgan fingerprint density at radius 1 is 1.21 bits per heavy atom. The molecule has 9 nitrogen and oxygen atoms in total. The van der Waals surface area contributed by atoms with E-state index in [0.29, 0.717) is 41.1 Å². The van der Waals surface area contributed by atoms with Crippen LogP contribution in [0.5, 0.6) is 5.75 Å². The van der Waals surface area contributed by atoms with Crippen LogP contribution in [0.2, 0.25) is 5.02 Å². The lowest BCUT2D eigenvalue weighted by Gasteiger charge is -2.31. The van der Waals surface area contributed by atoms with Crippen molar-refractivity contribution in [1.82, 2.24) is 15.0 Å². The fourth-order valence-electron chi connectivity index (χ4n) is 3.88. The molecule has 1 aliphatic rings. The number of piperidine rings is 1. The summed E-state index contributed by atoms with van der Waals surface area (Å²) < 4.78 is 15.3. The maximum absolute atomic E-state index is 12.9. The summed E-state index contributed by atoms with van der Waals surface area (Å²) in [5.74, 6) is 0.853. The van der Waals surface area contributed by atoms with E-state index in [0.717, 1.165) is 30.7 Å². The van der Waals surface area contributed by atoms with Gasteiger partial charge in [-0.1, -0.05) is 16.8 Å². The SMILES string of the molecule is COC(=O)c1ccc(Cl)c(NC(=O)C2CCCN(Cc3nc(-c4ccc(OC)cc4)no3)C2)c1. The highest BCUT2D eigenvalue weighted by atomic mass is 35.5. The lowest BCUT2D eigenvalue weighted by atomic mass is 9.97. The molecule has 1 saturated heterocycles. The van der Waals surface area contributed by atoms with Gasteiger partial charge >= 0.3 is 5.97 Å². The number of halogens is 1. The van der Waals surface area contributed by atoms with Gasteiger partial charge < -0.3 is 19.3 Å². The Balaban J connectivity index is 1.38. The van der Waals surface area contributed by atoms with Crippen molar-refractivity contribution in [1.29, 1.82) is 0 Å². The monoisotopic (exact) mass is 484 g/mol. The smallest absolute Gasteiger partial charge is 0.337 e. The third-order valence-electron chi connectivity index (χ3n) is 5.70. The summed E-state index contributed by atoms with van der Waals surface area (Å²) >= 11 is 6.22. The van der Waals surface area contributed by atoms with Crippen molar-refractivity contribution < 1.29 is 23.6 Å². The summed E-state index contributed by atoms with van der Waals surface area (Å²) in [6.45, 7) is 1.81. The fraction of sp³-hybridized carbons (Fsp3) is 0.333. The minimum atomic E-state index is -0.496. The van der Waals surface area contributed by atoms with Crippen molar-refractivity contribution in [2.75, 3.05) is 32.6 Å². The second kappa shape index (κ2) is 10.7. The summed E-state index contributed by atoms with van der Waals surface area (Å²) in [6.07, 6.45) is 1.60. The number of carbonyl (C=O) groups is 2. The second-order valence-electron chi connectivity index (χ2n) is 7.99. The molecule has 1 fully saturated rings. The molecular weight excluding hydrogens is 460 g/mol. The largest absolute Gasteiger partial charge is 0.497 e. The molecule has 0 spiro atoms. The number of benzene rings is 2. The quantitative estimate of drug-likeness (QED) is 0.501. The molecule has 1 aromatic heterocycles. The van der Waals surface area contributed by atoms with Gasteiger partial charge in [0.25, 0.3) is 0 Å². The van der Waals surface area contributed by atoms with Crippen molar-refractivity contribution in [3.05, 3.63) is 58.9 Å². The molecule has 1 aliphatic heterocycles. The predicted molar refractivity (Wildman–Crippen MR) is 126 cm³/mol. The minimum absolute atomic E-state index is 0.155. The average Bonchev–Trinajstić information content (AvgIpc) is 3.33. The zero-order valence-electron chi connectivity index (χ0n) is 18.9. The number of nitrogens with one attached hydrogen (secondary N) is 1. The number of ether oxygens (including phenoxy) is 2. The lowest BCUT2D eigenvalue weighted by Crippen LogP contribution is -2.40. The Morgan fingerprint density at radius 2 is 2.00 bits per heavy atom. The first-order chi connectivity index (χ1) is 16.5. The number of aromatic nitrogens is 2. The highest BCUT2D eigenvalue weighted by molar-refractivity contribution is 6.33. The molecule has 3 aromatic rings. The number of nitrogens with zero attached hydrogens (tertiary/aromatic N) is 3. The van der Waals surface area contributed by atoms with Crippen LogP contribution in [-0.4, -0.2) is 54.2 Å². The first-order valence-corrected chi connectivity index (χ1v) is 11.2. The first kappa shape index (κ1) is 23.7. The van der Waals surface area contributed by atoms with E-state index in [1.807, 2.05) is 24.3 Å². The van der Waals surface area contributed by atoms with E-state index in [-0.39, 0.29) is 11.8 Å². The van der Waals surface area contributed by atoms with Crippen molar-refractivity contribution in [3.63, 3.8) is 0 Å². The number of likely N-dealkylation sites (tertiary alicyclic amines) is 1. The van der Waals surface area contributed by atoms with E-state index < -0.39 is 5.97 Å².